The van der Waals surface area contributed by atoms with Crippen molar-refractivity contribution in [2.24, 2.45) is 0 Å². The Bertz CT molecular complexity index is 692. The molecule has 25 heavy (non-hydrogen) atoms. The van der Waals surface area contributed by atoms with Gasteiger partial charge in [-0.2, -0.15) is 11.8 Å². The van der Waals surface area contributed by atoms with Crippen LogP contribution in [0.3, 0.4) is 0 Å². The van der Waals surface area contributed by atoms with E-state index in [1.807, 2.05) is 54.2 Å². The van der Waals surface area contributed by atoms with E-state index in [0.29, 0.717) is 17.5 Å². The van der Waals surface area contributed by atoms with Gasteiger partial charge in [-0.1, -0.05) is 36.8 Å². The van der Waals surface area contributed by atoms with Crippen molar-refractivity contribution in [1.82, 2.24) is 10.3 Å². The van der Waals surface area contributed by atoms with Crippen LogP contribution in [0.25, 0.3) is 0 Å². The molecule has 1 fully saturated rings. The molecule has 1 aliphatic heterocycles. The molecule has 1 unspecified atom stereocenters. The highest BCUT2D eigenvalue weighted by Crippen LogP contribution is 2.24. The van der Waals surface area contributed by atoms with Gasteiger partial charge in [-0.05, 0) is 36.8 Å². The van der Waals surface area contributed by atoms with E-state index in [1.54, 1.807) is 6.20 Å². The summed E-state index contributed by atoms with van der Waals surface area (Å²) in [6.45, 7) is 2.60. The molecule has 1 aliphatic rings. The molecule has 0 bridgehead atoms. The summed E-state index contributed by atoms with van der Waals surface area (Å²) in [5.74, 6) is -0.123. The number of thioether (sulfide) groups is 1. The van der Waals surface area contributed by atoms with E-state index in [0.717, 1.165) is 24.3 Å². The van der Waals surface area contributed by atoms with E-state index >= 15 is 0 Å². The number of carbonyl (C=O) groups excluding carboxylic acids is 1. The zero-order valence-electron chi connectivity index (χ0n) is 14.6. The van der Waals surface area contributed by atoms with Crippen molar-refractivity contribution < 1.29 is 4.79 Å². The quantitative estimate of drug-likeness (QED) is 0.888. The molecule has 1 N–H and O–H groups in total. The molecule has 0 aliphatic carbocycles. The Morgan fingerprint density at radius 3 is 2.92 bits per heavy atom. The minimum absolute atomic E-state index is 0.123. The van der Waals surface area contributed by atoms with E-state index in [1.165, 1.54) is 19.3 Å². The number of carbonyl (C=O) groups is 1. The number of hydrogen-bond acceptors (Lipinski definition) is 4. The Morgan fingerprint density at radius 1 is 1.28 bits per heavy atom. The fourth-order valence-corrected chi connectivity index (χ4v) is 3.87. The molecule has 132 valence electrons. The maximum Gasteiger partial charge on any atom is 0.270 e. The van der Waals surface area contributed by atoms with Crippen LogP contribution in [0, 0.1) is 0 Å². The van der Waals surface area contributed by atoms with Crippen molar-refractivity contribution in [2.45, 2.75) is 31.1 Å². The summed E-state index contributed by atoms with van der Waals surface area (Å²) in [4.78, 5) is 19.1. The number of hydrogen-bond donors (Lipinski definition) is 1. The third-order valence-electron chi connectivity index (χ3n) is 4.60. The molecule has 3 rings (SSSR count). The average molecular weight is 356 g/mol. The lowest BCUT2D eigenvalue weighted by Crippen LogP contribution is -2.30. The van der Waals surface area contributed by atoms with Gasteiger partial charge in [0.05, 0.1) is 0 Å². The van der Waals surface area contributed by atoms with Crippen molar-refractivity contribution in [3.8, 4) is 0 Å². The van der Waals surface area contributed by atoms with Crippen LogP contribution in [-0.2, 0) is 6.54 Å². The smallest absolute Gasteiger partial charge is 0.270 e. The molecular weight excluding hydrogens is 330 g/mol. The van der Waals surface area contributed by atoms with Gasteiger partial charge in [0.15, 0.2) is 0 Å². The van der Waals surface area contributed by atoms with Gasteiger partial charge < -0.3 is 10.2 Å². The van der Waals surface area contributed by atoms with Gasteiger partial charge in [-0.3, -0.25) is 9.78 Å². The largest absolute Gasteiger partial charge is 0.370 e. The van der Waals surface area contributed by atoms with Crippen molar-refractivity contribution in [1.29, 1.82) is 0 Å². The van der Waals surface area contributed by atoms with Gasteiger partial charge >= 0.3 is 0 Å². The zero-order valence-corrected chi connectivity index (χ0v) is 15.5. The van der Waals surface area contributed by atoms with E-state index in [-0.39, 0.29) is 5.91 Å². The van der Waals surface area contributed by atoms with E-state index in [9.17, 15) is 4.79 Å². The lowest BCUT2D eigenvalue weighted by molar-refractivity contribution is 0.0946. The van der Waals surface area contributed by atoms with Gasteiger partial charge in [0.1, 0.15) is 5.69 Å². The molecule has 0 radical (unpaired) electrons. The molecule has 0 spiro atoms. The summed E-state index contributed by atoms with van der Waals surface area (Å²) in [6.07, 6.45) is 7.68. The van der Waals surface area contributed by atoms with Gasteiger partial charge in [-0.25, -0.2) is 0 Å². The van der Waals surface area contributed by atoms with Crippen LogP contribution >= 0.6 is 11.8 Å². The van der Waals surface area contributed by atoms with Crippen LogP contribution in [0.5, 0.6) is 0 Å². The van der Waals surface area contributed by atoms with Crippen LogP contribution in [0.1, 0.15) is 35.3 Å². The summed E-state index contributed by atoms with van der Waals surface area (Å²) < 4.78 is 0. The zero-order chi connectivity index (χ0) is 17.5. The topological polar surface area (TPSA) is 45.2 Å². The van der Waals surface area contributed by atoms with Crippen molar-refractivity contribution in [3.05, 3.63) is 59.9 Å². The summed E-state index contributed by atoms with van der Waals surface area (Å²) in [6, 6.07) is 13.9. The first-order valence-electron chi connectivity index (χ1n) is 8.82. The molecular formula is C20H25N3OS. The van der Waals surface area contributed by atoms with Gasteiger partial charge in [0.25, 0.3) is 5.91 Å². The number of amides is 1. The number of nitrogens with zero attached hydrogens (tertiary/aromatic N) is 2. The third-order valence-corrected chi connectivity index (χ3v) is 5.65. The number of benzene rings is 1. The monoisotopic (exact) mass is 355 g/mol. The highest BCUT2D eigenvalue weighted by molar-refractivity contribution is 7.99. The molecule has 2 aromatic rings. The number of pyridine rings is 1. The fraction of sp³-hybridized carbons (Fsp3) is 0.400. The molecule has 1 atom stereocenters. The van der Waals surface area contributed by atoms with E-state index < -0.39 is 0 Å². The Morgan fingerprint density at radius 2 is 2.12 bits per heavy atom. The number of rotatable bonds is 5. The second-order valence-corrected chi connectivity index (χ2v) is 7.51. The predicted octanol–water partition coefficient (Wildman–Crippen LogP) is 3.73. The number of nitrogens with one attached hydrogen (secondary N) is 1. The van der Waals surface area contributed by atoms with E-state index in [4.69, 9.17) is 0 Å². The first kappa shape index (κ1) is 17.8. The molecule has 1 aromatic carbocycles. The summed E-state index contributed by atoms with van der Waals surface area (Å²) in [7, 11) is 0. The number of aromatic nitrogens is 1. The second-order valence-electron chi connectivity index (χ2n) is 6.37. The van der Waals surface area contributed by atoms with Gasteiger partial charge in [-0.15, -0.1) is 0 Å². The third kappa shape index (κ3) is 4.98. The van der Waals surface area contributed by atoms with Crippen molar-refractivity contribution in [3.63, 3.8) is 0 Å². The molecule has 4 nitrogen and oxygen atoms in total. The molecule has 0 saturated carbocycles. The SMILES string of the molecule is CSC1CCCCN(c2ccnc(C(=O)NCc3ccccc3)c2)C1. The normalized spacial score (nSPS) is 17.8. The van der Waals surface area contributed by atoms with Gasteiger partial charge in [0, 0.05) is 36.8 Å². The molecule has 1 amide bonds. The molecule has 1 saturated heterocycles. The molecule has 1 aromatic heterocycles. The second kappa shape index (κ2) is 8.90. The number of anilines is 1. The van der Waals surface area contributed by atoms with Crippen molar-refractivity contribution in [2.75, 3.05) is 24.2 Å². The lowest BCUT2D eigenvalue weighted by Gasteiger charge is -2.26. The predicted molar refractivity (Wildman–Crippen MR) is 105 cm³/mol. The maximum atomic E-state index is 12.4. The molecule has 5 heteroatoms. The standard InChI is InChI=1S/C20H25N3OS/c1-25-18-9-5-6-12-23(15-18)17-10-11-21-19(13-17)20(24)22-14-16-7-3-2-4-8-16/h2-4,7-8,10-11,13,18H,5-6,9,12,14-15H2,1H3,(H,22,24). The highest BCUT2D eigenvalue weighted by atomic mass is 32.2. The minimum Gasteiger partial charge on any atom is -0.370 e. The Hall–Kier alpha value is -2.01. The lowest BCUT2D eigenvalue weighted by atomic mass is 10.2. The summed E-state index contributed by atoms with van der Waals surface area (Å²) >= 11 is 1.94. The van der Waals surface area contributed by atoms with Crippen molar-refractivity contribution >= 4 is 23.4 Å². The Balaban J connectivity index is 1.66. The van der Waals surface area contributed by atoms with Crippen LogP contribution in [-0.4, -0.2) is 35.5 Å². The first-order valence-corrected chi connectivity index (χ1v) is 10.1. The summed E-state index contributed by atoms with van der Waals surface area (Å²) in [5.41, 5.74) is 2.67. The van der Waals surface area contributed by atoms with Gasteiger partial charge in [0.2, 0.25) is 0 Å². The minimum atomic E-state index is -0.123. The van der Waals surface area contributed by atoms with Crippen LogP contribution < -0.4 is 10.2 Å². The Kier molecular flexibility index (Phi) is 6.34. The Labute approximate surface area is 154 Å². The van der Waals surface area contributed by atoms with Crippen LogP contribution in [0.4, 0.5) is 5.69 Å². The maximum absolute atomic E-state index is 12.4. The molecule has 2 heterocycles. The highest BCUT2D eigenvalue weighted by Gasteiger charge is 2.18. The summed E-state index contributed by atoms with van der Waals surface area (Å²) in [5, 5.41) is 3.61. The first-order chi connectivity index (χ1) is 12.3. The van der Waals surface area contributed by atoms with Crippen LogP contribution in [0.2, 0.25) is 0 Å². The fourth-order valence-electron chi connectivity index (χ4n) is 3.14. The average Bonchev–Trinajstić information content (AvgIpc) is 2.93. The van der Waals surface area contributed by atoms with Crippen LogP contribution in [0.15, 0.2) is 48.7 Å². The van der Waals surface area contributed by atoms with E-state index in [2.05, 4.69) is 21.5 Å².